The molecule has 192 valence electrons. The fraction of sp³-hybridized carbons (Fsp3) is 0.143. The molecule has 1 aliphatic heterocycles. The van der Waals surface area contributed by atoms with Crippen molar-refractivity contribution in [3.05, 3.63) is 95.9 Å². The first-order chi connectivity index (χ1) is 18.2. The normalized spacial score (nSPS) is 12.9. The van der Waals surface area contributed by atoms with E-state index in [0.717, 1.165) is 56.3 Å². The number of carboxylic acids is 1. The van der Waals surface area contributed by atoms with Gasteiger partial charge in [-0.3, -0.25) is 9.78 Å². The van der Waals surface area contributed by atoms with Crippen molar-refractivity contribution in [2.45, 2.75) is 19.1 Å². The predicted octanol–water partition coefficient (Wildman–Crippen LogP) is 5.61. The number of carbonyl (C=O) groups is 2. The molecule has 0 radical (unpaired) electrons. The van der Waals surface area contributed by atoms with Crippen LogP contribution in [-0.4, -0.2) is 49.6 Å². The van der Waals surface area contributed by atoms with Crippen LogP contribution in [0.2, 0.25) is 0 Å². The highest BCUT2D eigenvalue weighted by molar-refractivity contribution is 6.05. The van der Waals surface area contributed by atoms with Gasteiger partial charge in [0.15, 0.2) is 0 Å². The Kier molecular flexibility index (Phi) is 6.54. The highest BCUT2D eigenvalue weighted by Crippen LogP contribution is 2.33. The van der Waals surface area contributed by atoms with Crippen molar-refractivity contribution in [1.82, 2.24) is 19.9 Å². The lowest BCUT2D eigenvalue weighted by molar-refractivity contribution is -0.192. The van der Waals surface area contributed by atoms with Gasteiger partial charge in [-0.2, -0.15) is 13.2 Å². The van der Waals surface area contributed by atoms with Crippen LogP contribution in [0.15, 0.2) is 79.1 Å². The van der Waals surface area contributed by atoms with E-state index in [4.69, 9.17) is 14.9 Å². The van der Waals surface area contributed by atoms with Gasteiger partial charge >= 0.3 is 12.1 Å². The van der Waals surface area contributed by atoms with Crippen LogP contribution in [0.25, 0.3) is 33.1 Å². The maximum atomic E-state index is 13.3. The zero-order valence-electron chi connectivity index (χ0n) is 19.9. The molecule has 0 spiro atoms. The number of benzene rings is 3. The Bertz CT molecular complexity index is 1660. The van der Waals surface area contributed by atoms with E-state index in [-0.39, 0.29) is 5.91 Å². The number of aliphatic carboxylic acids is 1. The Hall–Kier alpha value is -4.73. The van der Waals surface area contributed by atoms with Crippen molar-refractivity contribution in [3.63, 3.8) is 0 Å². The highest BCUT2D eigenvalue weighted by Gasteiger charge is 2.38. The number of nitrogens with zero attached hydrogens (tertiary/aromatic N) is 3. The summed E-state index contributed by atoms with van der Waals surface area (Å²) in [4.78, 5) is 36.3. The summed E-state index contributed by atoms with van der Waals surface area (Å²) in [5, 5.41) is 8.26. The molecule has 38 heavy (non-hydrogen) atoms. The number of hydrogen-bond donors (Lipinski definition) is 2. The van der Waals surface area contributed by atoms with Crippen LogP contribution in [0, 0.1) is 0 Å². The van der Waals surface area contributed by atoms with E-state index >= 15 is 0 Å². The van der Waals surface area contributed by atoms with Gasteiger partial charge in [0.2, 0.25) is 0 Å². The first kappa shape index (κ1) is 24.9. The summed E-state index contributed by atoms with van der Waals surface area (Å²) < 4.78 is 31.7. The first-order valence-electron chi connectivity index (χ1n) is 11.7. The van der Waals surface area contributed by atoms with Gasteiger partial charge in [-0.15, -0.1) is 0 Å². The lowest BCUT2D eigenvalue weighted by Gasteiger charge is -2.15. The molecule has 10 heteroatoms. The molecule has 5 aromatic rings. The fourth-order valence-corrected chi connectivity index (χ4v) is 4.44. The van der Waals surface area contributed by atoms with E-state index in [2.05, 4.69) is 40.3 Å². The second-order valence-corrected chi connectivity index (χ2v) is 8.75. The van der Waals surface area contributed by atoms with Crippen LogP contribution in [0.5, 0.6) is 0 Å². The lowest BCUT2D eigenvalue weighted by atomic mass is 9.96. The van der Waals surface area contributed by atoms with Gasteiger partial charge in [0.05, 0.1) is 28.4 Å². The van der Waals surface area contributed by atoms with Gasteiger partial charge in [0.25, 0.3) is 5.91 Å². The second kappa shape index (κ2) is 9.97. The molecule has 3 aromatic carbocycles. The van der Waals surface area contributed by atoms with E-state index in [1.165, 1.54) is 0 Å². The van der Waals surface area contributed by atoms with Crippen molar-refractivity contribution < 1.29 is 27.9 Å². The average molecular weight is 518 g/mol. The largest absolute Gasteiger partial charge is 0.490 e. The third-order valence-corrected chi connectivity index (χ3v) is 6.28. The fourth-order valence-electron chi connectivity index (χ4n) is 4.44. The van der Waals surface area contributed by atoms with Crippen molar-refractivity contribution >= 4 is 33.8 Å². The summed E-state index contributed by atoms with van der Waals surface area (Å²) >= 11 is 0. The molecule has 0 saturated heterocycles. The van der Waals surface area contributed by atoms with Crippen LogP contribution in [-0.2, 0) is 17.8 Å². The van der Waals surface area contributed by atoms with Crippen LogP contribution in [0.1, 0.15) is 21.6 Å². The van der Waals surface area contributed by atoms with Gasteiger partial charge in [0, 0.05) is 30.6 Å². The number of imidazole rings is 1. The quantitative estimate of drug-likeness (QED) is 0.322. The van der Waals surface area contributed by atoms with Crippen molar-refractivity contribution in [2.24, 2.45) is 0 Å². The topological polar surface area (TPSA) is 99.2 Å². The van der Waals surface area contributed by atoms with E-state index in [1.54, 1.807) is 6.33 Å². The van der Waals surface area contributed by atoms with E-state index in [9.17, 15) is 18.0 Å². The molecule has 0 atom stereocenters. The van der Waals surface area contributed by atoms with Crippen LogP contribution in [0.3, 0.4) is 0 Å². The summed E-state index contributed by atoms with van der Waals surface area (Å²) in [5.41, 5.74) is 7.80. The minimum Gasteiger partial charge on any atom is -0.475 e. The molecule has 0 aliphatic carbocycles. The molecule has 3 heterocycles. The number of carboxylic acid groups (broad SMARTS) is 1. The molecule has 1 aliphatic rings. The number of halogens is 3. The Labute approximate surface area is 214 Å². The Balaban J connectivity index is 0.000000374. The number of aromatic amines is 1. The summed E-state index contributed by atoms with van der Waals surface area (Å²) in [7, 11) is 0. The number of alkyl halides is 3. The molecular weight excluding hydrogens is 497 g/mol. The number of carbonyl (C=O) groups excluding carboxylic acids is 1. The van der Waals surface area contributed by atoms with Crippen LogP contribution >= 0.6 is 0 Å². The third-order valence-electron chi connectivity index (χ3n) is 6.28. The monoisotopic (exact) mass is 518 g/mol. The lowest BCUT2D eigenvalue weighted by Crippen LogP contribution is -2.26. The van der Waals surface area contributed by atoms with E-state index in [0.29, 0.717) is 13.1 Å². The second-order valence-electron chi connectivity index (χ2n) is 8.75. The Morgan fingerprint density at radius 3 is 2.58 bits per heavy atom. The molecule has 1 amide bonds. The smallest absolute Gasteiger partial charge is 0.475 e. The van der Waals surface area contributed by atoms with Gasteiger partial charge in [0.1, 0.15) is 0 Å². The molecule has 7 nitrogen and oxygen atoms in total. The van der Waals surface area contributed by atoms with Crippen molar-refractivity contribution in [3.8, 4) is 11.1 Å². The Morgan fingerprint density at radius 1 is 1.00 bits per heavy atom. The molecule has 2 aromatic heterocycles. The zero-order valence-corrected chi connectivity index (χ0v) is 19.9. The average Bonchev–Trinajstić information content (AvgIpc) is 3.51. The molecule has 0 unspecified atom stereocenters. The van der Waals surface area contributed by atoms with Gasteiger partial charge in [-0.05, 0) is 41.0 Å². The number of rotatable bonds is 4. The third kappa shape index (κ3) is 5.06. The molecule has 0 saturated carbocycles. The Morgan fingerprint density at radius 2 is 1.79 bits per heavy atom. The zero-order chi connectivity index (χ0) is 26.9. The minimum absolute atomic E-state index is 0.0936. The van der Waals surface area contributed by atoms with Crippen LogP contribution < -0.4 is 0 Å². The molecule has 2 N–H and O–H groups in total. The van der Waals surface area contributed by atoms with Crippen molar-refractivity contribution in [2.75, 3.05) is 6.54 Å². The number of fused-ring (bicyclic) bond motifs is 3. The number of aromatic nitrogens is 3. The first-order valence-corrected chi connectivity index (χ1v) is 11.7. The number of nitrogens with one attached hydrogen (secondary N) is 1. The predicted molar refractivity (Wildman–Crippen MR) is 135 cm³/mol. The maximum absolute atomic E-state index is 13.3. The summed E-state index contributed by atoms with van der Waals surface area (Å²) in [6.45, 7) is 1.29. The molecule has 0 bridgehead atoms. The number of pyridine rings is 1. The SMILES string of the molecule is O=C(O)C(F)(F)F.O=C1c2c(cccc2-c2ccc3nc[nH]c3c2)CN1CCc1ccc2ccccc2n1. The maximum Gasteiger partial charge on any atom is 0.490 e. The van der Waals surface area contributed by atoms with Gasteiger partial charge in [-0.25, -0.2) is 9.78 Å². The molecular formula is C28H21F3N4O3. The summed E-state index contributed by atoms with van der Waals surface area (Å²) in [6, 6.07) is 24.5. The minimum atomic E-state index is -5.08. The van der Waals surface area contributed by atoms with Crippen LogP contribution in [0.4, 0.5) is 13.2 Å². The van der Waals surface area contributed by atoms with Gasteiger partial charge in [-0.1, -0.05) is 48.5 Å². The van der Waals surface area contributed by atoms with E-state index < -0.39 is 12.1 Å². The van der Waals surface area contributed by atoms with Gasteiger partial charge < -0.3 is 15.0 Å². The van der Waals surface area contributed by atoms with Crippen molar-refractivity contribution in [1.29, 1.82) is 0 Å². The number of hydrogen-bond acceptors (Lipinski definition) is 4. The number of para-hydroxylation sites is 1. The standard InChI is InChI=1S/C26H20N4O.C2HF3O2/c31-26-25-19(5-3-6-21(25)18-9-11-23-24(14-18)28-16-27-23)15-30(26)13-12-20-10-8-17-4-1-2-7-22(17)29-20;3-2(4,5)1(6)7/h1-11,14,16H,12-13,15H2,(H,27,28);(H,6,7). The summed E-state index contributed by atoms with van der Waals surface area (Å²) in [6.07, 6.45) is -2.66. The van der Waals surface area contributed by atoms with E-state index in [1.807, 2.05) is 47.4 Å². The highest BCUT2D eigenvalue weighted by atomic mass is 19.4. The molecule has 0 fully saturated rings. The summed E-state index contributed by atoms with van der Waals surface area (Å²) in [5.74, 6) is -2.66. The number of H-pyrrole nitrogens is 1. The number of amides is 1. The molecule has 6 rings (SSSR count).